The van der Waals surface area contributed by atoms with Crippen molar-refractivity contribution in [3.63, 3.8) is 0 Å². The predicted octanol–water partition coefficient (Wildman–Crippen LogP) is 2.74. The number of likely N-dealkylation sites (N-methyl/N-ethyl adjacent to an activating group) is 1. The lowest BCUT2D eigenvalue weighted by Crippen LogP contribution is -2.46. The lowest BCUT2D eigenvalue weighted by atomic mass is 9.94. The van der Waals surface area contributed by atoms with E-state index in [1.54, 1.807) is 0 Å². The third-order valence-corrected chi connectivity index (χ3v) is 3.95. The van der Waals surface area contributed by atoms with E-state index < -0.39 is 0 Å². The summed E-state index contributed by atoms with van der Waals surface area (Å²) in [6.45, 7) is 14.2. The summed E-state index contributed by atoms with van der Waals surface area (Å²) in [5.74, 6) is 1.74. The number of piperidine rings is 1. The standard InChI is InChI=1S/C14H30N2/c1-5-12(3)10-16(6-2)11-14-9-13(4)7-8-15-14/h12-15H,5-11H2,1-4H3. The van der Waals surface area contributed by atoms with Crippen molar-refractivity contribution in [3.05, 3.63) is 0 Å². The largest absolute Gasteiger partial charge is 0.313 e. The average molecular weight is 226 g/mol. The Hall–Kier alpha value is -0.0800. The van der Waals surface area contributed by atoms with Crippen molar-refractivity contribution in [1.82, 2.24) is 10.2 Å². The molecule has 1 fully saturated rings. The Bertz CT molecular complexity index is 182. The molecule has 0 aromatic carbocycles. The van der Waals surface area contributed by atoms with Crippen molar-refractivity contribution in [2.45, 2.75) is 53.0 Å². The Morgan fingerprint density at radius 3 is 2.69 bits per heavy atom. The summed E-state index contributed by atoms with van der Waals surface area (Å²) in [4.78, 5) is 2.61. The smallest absolute Gasteiger partial charge is 0.0197 e. The van der Waals surface area contributed by atoms with Crippen LogP contribution in [0.25, 0.3) is 0 Å². The summed E-state index contributed by atoms with van der Waals surface area (Å²) in [6.07, 6.45) is 4.01. The van der Waals surface area contributed by atoms with Gasteiger partial charge in [-0.25, -0.2) is 0 Å². The van der Waals surface area contributed by atoms with E-state index in [0.717, 1.165) is 17.9 Å². The molecule has 0 spiro atoms. The normalized spacial score (nSPS) is 28.3. The molecule has 0 aromatic rings. The van der Waals surface area contributed by atoms with Gasteiger partial charge in [0.1, 0.15) is 0 Å². The topological polar surface area (TPSA) is 15.3 Å². The van der Waals surface area contributed by atoms with Crippen LogP contribution in [-0.4, -0.2) is 37.1 Å². The number of nitrogens with one attached hydrogen (secondary N) is 1. The molecule has 16 heavy (non-hydrogen) atoms. The molecule has 3 unspecified atom stereocenters. The fourth-order valence-corrected chi connectivity index (χ4v) is 2.57. The molecule has 0 aromatic heterocycles. The first kappa shape index (κ1) is 14.0. The Kier molecular flexibility index (Phi) is 6.37. The number of nitrogens with zero attached hydrogens (tertiary/aromatic N) is 1. The monoisotopic (exact) mass is 226 g/mol. The molecule has 1 N–H and O–H groups in total. The van der Waals surface area contributed by atoms with Crippen LogP contribution in [0.15, 0.2) is 0 Å². The van der Waals surface area contributed by atoms with Gasteiger partial charge in [-0.05, 0) is 37.8 Å². The molecular weight excluding hydrogens is 196 g/mol. The van der Waals surface area contributed by atoms with Crippen molar-refractivity contribution in [3.8, 4) is 0 Å². The molecule has 0 amide bonds. The van der Waals surface area contributed by atoms with E-state index in [1.807, 2.05) is 0 Å². The SMILES string of the molecule is CCC(C)CN(CC)CC1CC(C)CCN1. The van der Waals surface area contributed by atoms with Crippen LogP contribution >= 0.6 is 0 Å². The molecule has 3 atom stereocenters. The maximum atomic E-state index is 3.66. The van der Waals surface area contributed by atoms with E-state index >= 15 is 0 Å². The molecule has 1 heterocycles. The van der Waals surface area contributed by atoms with Crippen molar-refractivity contribution in [1.29, 1.82) is 0 Å². The second-order valence-corrected chi connectivity index (χ2v) is 5.65. The Morgan fingerprint density at radius 2 is 2.12 bits per heavy atom. The lowest BCUT2D eigenvalue weighted by Gasteiger charge is -2.33. The van der Waals surface area contributed by atoms with E-state index in [2.05, 4.69) is 37.9 Å². The Morgan fingerprint density at radius 1 is 1.38 bits per heavy atom. The zero-order valence-corrected chi connectivity index (χ0v) is 11.6. The summed E-state index contributed by atoms with van der Waals surface area (Å²) >= 11 is 0. The van der Waals surface area contributed by atoms with Crippen LogP contribution in [-0.2, 0) is 0 Å². The van der Waals surface area contributed by atoms with Crippen LogP contribution in [0, 0.1) is 11.8 Å². The number of rotatable bonds is 6. The van der Waals surface area contributed by atoms with Crippen molar-refractivity contribution >= 4 is 0 Å². The summed E-state index contributed by atoms with van der Waals surface area (Å²) in [6, 6.07) is 0.729. The van der Waals surface area contributed by atoms with Crippen LogP contribution in [0.1, 0.15) is 47.0 Å². The van der Waals surface area contributed by atoms with Crippen LogP contribution in [0.3, 0.4) is 0 Å². The summed E-state index contributed by atoms with van der Waals surface area (Å²) in [5, 5.41) is 3.66. The van der Waals surface area contributed by atoms with Gasteiger partial charge in [0.15, 0.2) is 0 Å². The molecule has 0 aliphatic carbocycles. The minimum Gasteiger partial charge on any atom is -0.313 e. The van der Waals surface area contributed by atoms with Gasteiger partial charge < -0.3 is 10.2 Å². The van der Waals surface area contributed by atoms with E-state index in [1.165, 1.54) is 45.4 Å². The molecule has 2 nitrogen and oxygen atoms in total. The van der Waals surface area contributed by atoms with Gasteiger partial charge in [0.05, 0.1) is 0 Å². The minimum absolute atomic E-state index is 0.729. The first-order valence-corrected chi connectivity index (χ1v) is 7.11. The van der Waals surface area contributed by atoms with E-state index in [0.29, 0.717) is 0 Å². The lowest BCUT2D eigenvalue weighted by molar-refractivity contribution is 0.192. The zero-order chi connectivity index (χ0) is 12.0. The highest BCUT2D eigenvalue weighted by Gasteiger charge is 2.20. The van der Waals surface area contributed by atoms with Gasteiger partial charge in [0.2, 0.25) is 0 Å². The summed E-state index contributed by atoms with van der Waals surface area (Å²) < 4.78 is 0. The highest BCUT2D eigenvalue weighted by Crippen LogP contribution is 2.16. The van der Waals surface area contributed by atoms with Crippen molar-refractivity contribution in [2.24, 2.45) is 11.8 Å². The predicted molar refractivity (Wildman–Crippen MR) is 71.8 cm³/mol. The summed E-state index contributed by atoms with van der Waals surface area (Å²) in [5.41, 5.74) is 0. The van der Waals surface area contributed by atoms with Crippen LogP contribution in [0.4, 0.5) is 0 Å². The molecule has 0 radical (unpaired) electrons. The van der Waals surface area contributed by atoms with Crippen molar-refractivity contribution < 1.29 is 0 Å². The molecule has 1 rings (SSSR count). The van der Waals surface area contributed by atoms with Crippen LogP contribution < -0.4 is 5.32 Å². The molecule has 0 bridgehead atoms. The molecule has 1 aliphatic rings. The maximum absolute atomic E-state index is 3.66. The zero-order valence-electron chi connectivity index (χ0n) is 11.6. The highest BCUT2D eigenvalue weighted by atomic mass is 15.1. The van der Waals surface area contributed by atoms with Crippen LogP contribution in [0.5, 0.6) is 0 Å². The Labute approximate surface area is 102 Å². The number of hydrogen-bond acceptors (Lipinski definition) is 2. The molecule has 0 saturated carbocycles. The molecule has 1 aliphatic heterocycles. The fraction of sp³-hybridized carbons (Fsp3) is 1.00. The average Bonchev–Trinajstić information content (AvgIpc) is 2.28. The first-order valence-electron chi connectivity index (χ1n) is 7.11. The van der Waals surface area contributed by atoms with E-state index in [4.69, 9.17) is 0 Å². The quantitative estimate of drug-likeness (QED) is 0.749. The highest BCUT2D eigenvalue weighted by molar-refractivity contribution is 4.79. The molecule has 2 heteroatoms. The molecule has 96 valence electrons. The maximum Gasteiger partial charge on any atom is 0.0197 e. The Balaban J connectivity index is 2.31. The van der Waals surface area contributed by atoms with Gasteiger partial charge >= 0.3 is 0 Å². The fourth-order valence-electron chi connectivity index (χ4n) is 2.57. The first-order chi connectivity index (χ1) is 7.65. The van der Waals surface area contributed by atoms with Gasteiger partial charge in [-0.15, -0.1) is 0 Å². The van der Waals surface area contributed by atoms with Gasteiger partial charge in [0.25, 0.3) is 0 Å². The summed E-state index contributed by atoms with van der Waals surface area (Å²) in [7, 11) is 0. The second kappa shape index (κ2) is 7.29. The van der Waals surface area contributed by atoms with E-state index in [-0.39, 0.29) is 0 Å². The van der Waals surface area contributed by atoms with E-state index in [9.17, 15) is 0 Å². The van der Waals surface area contributed by atoms with Gasteiger partial charge in [-0.3, -0.25) is 0 Å². The van der Waals surface area contributed by atoms with Gasteiger partial charge in [-0.1, -0.05) is 34.1 Å². The molecule has 1 saturated heterocycles. The third kappa shape index (κ3) is 4.84. The van der Waals surface area contributed by atoms with Crippen molar-refractivity contribution in [2.75, 3.05) is 26.2 Å². The second-order valence-electron chi connectivity index (χ2n) is 5.65. The number of hydrogen-bond donors (Lipinski definition) is 1. The van der Waals surface area contributed by atoms with Gasteiger partial charge in [0, 0.05) is 19.1 Å². The third-order valence-electron chi connectivity index (χ3n) is 3.95. The molecular formula is C14H30N2. The van der Waals surface area contributed by atoms with Crippen LogP contribution in [0.2, 0.25) is 0 Å². The minimum atomic E-state index is 0.729. The van der Waals surface area contributed by atoms with Gasteiger partial charge in [-0.2, -0.15) is 0 Å².